The van der Waals surface area contributed by atoms with Gasteiger partial charge in [-0.05, 0) is 48.4 Å². The molecular formula is C19H23N5O2S. The third-order valence-electron chi connectivity index (χ3n) is 4.21. The highest BCUT2D eigenvalue weighted by Crippen LogP contribution is 2.28. The van der Waals surface area contributed by atoms with Crippen LogP contribution in [-0.2, 0) is 22.2 Å². The van der Waals surface area contributed by atoms with Crippen molar-refractivity contribution in [1.82, 2.24) is 20.0 Å². The van der Waals surface area contributed by atoms with Crippen molar-refractivity contribution in [2.24, 2.45) is 5.73 Å². The Hall–Kier alpha value is -2.55. The average molecular weight is 385 g/mol. The zero-order valence-electron chi connectivity index (χ0n) is 15.1. The summed E-state index contributed by atoms with van der Waals surface area (Å²) in [6.07, 6.45) is 2.79. The number of carbonyl (C=O) groups is 1. The number of nitrogens with two attached hydrogens (primary N) is 1. The van der Waals surface area contributed by atoms with Crippen molar-refractivity contribution in [3.8, 4) is 11.1 Å². The van der Waals surface area contributed by atoms with E-state index in [1.165, 1.54) is 0 Å². The van der Waals surface area contributed by atoms with Gasteiger partial charge in [-0.1, -0.05) is 12.1 Å². The fourth-order valence-electron chi connectivity index (χ4n) is 2.80. The van der Waals surface area contributed by atoms with E-state index in [1.807, 2.05) is 36.4 Å². The van der Waals surface area contributed by atoms with E-state index in [0.29, 0.717) is 13.1 Å². The van der Waals surface area contributed by atoms with Crippen molar-refractivity contribution in [2.75, 3.05) is 20.1 Å². The first-order valence-corrected chi connectivity index (χ1v) is 9.90. The molecule has 1 atom stereocenters. The van der Waals surface area contributed by atoms with Gasteiger partial charge >= 0.3 is 0 Å². The molecule has 5 N–H and O–H groups in total. The molecule has 0 fully saturated rings. The molecule has 0 aliphatic heterocycles. The summed E-state index contributed by atoms with van der Waals surface area (Å²) >= 11 is 0. The molecule has 2 aromatic heterocycles. The number of aromatic nitrogens is 2. The second kappa shape index (κ2) is 8.90. The predicted molar refractivity (Wildman–Crippen MR) is 107 cm³/mol. The van der Waals surface area contributed by atoms with Gasteiger partial charge < -0.3 is 16.0 Å². The van der Waals surface area contributed by atoms with E-state index in [1.54, 1.807) is 13.2 Å². The Morgan fingerprint density at radius 3 is 2.74 bits per heavy atom. The third kappa shape index (κ3) is 4.60. The van der Waals surface area contributed by atoms with Crippen LogP contribution in [0.4, 0.5) is 0 Å². The number of H-pyrrole nitrogens is 1. The number of likely N-dealkylation sites (N-methyl/N-ethyl adjacent to an activating group) is 1. The number of hydrogen-bond donors (Lipinski definition) is 4. The molecule has 8 heteroatoms. The maximum absolute atomic E-state index is 12.2. The molecule has 1 amide bonds. The Morgan fingerprint density at radius 2 is 2.04 bits per heavy atom. The van der Waals surface area contributed by atoms with E-state index in [4.69, 9.17) is 5.73 Å². The SMILES string of the molecule is CNC(=O)Cc1cc2c(-c3ccc(S(=O)NCCCN)cc3)ccnc2[nH]1. The summed E-state index contributed by atoms with van der Waals surface area (Å²) in [5.41, 5.74) is 9.00. The Morgan fingerprint density at radius 1 is 1.26 bits per heavy atom. The first-order chi connectivity index (χ1) is 13.1. The number of carbonyl (C=O) groups excluding carboxylic acids is 1. The van der Waals surface area contributed by atoms with E-state index in [2.05, 4.69) is 20.0 Å². The molecule has 7 nitrogen and oxygen atoms in total. The summed E-state index contributed by atoms with van der Waals surface area (Å²) < 4.78 is 15.2. The van der Waals surface area contributed by atoms with Gasteiger partial charge in [0.1, 0.15) is 16.6 Å². The molecule has 2 heterocycles. The third-order valence-corrected chi connectivity index (χ3v) is 5.38. The van der Waals surface area contributed by atoms with Crippen molar-refractivity contribution < 1.29 is 9.00 Å². The number of fused-ring (bicyclic) bond motifs is 1. The molecule has 0 aliphatic rings. The van der Waals surface area contributed by atoms with E-state index in [0.717, 1.165) is 39.2 Å². The van der Waals surface area contributed by atoms with Crippen molar-refractivity contribution in [3.05, 3.63) is 48.3 Å². The van der Waals surface area contributed by atoms with Crippen LogP contribution >= 0.6 is 0 Å². The highest BCUT2D eigenvalue weighted by Gasteiger charge is 2.11. The number of benzene rings is 1. The number of nitrogens with zero attached hydrogens (tertiary/aromatic N) is 1. The van der Waals surface area contributed by atoms with Crippen molar-refractivity contribution in [1.29, 1.82) is 0 Å². The van der Waals surface area contributed by atoms with Gasteiger partial charge in [0.25, 0.3) is 0 Å². The van der Waals surface area contributed by atoms with Crippen LogP contribution in [0.15, 0.2) is 47.5 Å². The molecule has 0 radical (unpaired) electrons. The van der Waals surface area contributed by atoms with Crippen LogP contribution in [0, 0.1) is 0 Å². The Balaban J connectivity index is 1.84. The normalized spacial score (nSPS) is 12.2. The Kier molecular flexibility index (Phi) is 6.33. The summed E-state index contributed by atoms with van der Waals surface area (Å²) in [4.78, 5) is 19.9. The fraction of sp³-hybridized carbons (Fsp3) is 0.263. The van der Waals surface area contributed by atoms with Gasteiger partial charge in [-0.15, -0.1) is 0 Å². The van der Waals surface area contributed by atoms with E-state index in [-0.39, 0.29) is 12.3 Å². The number of nitrogens with one attached hydrogen (secondary N) is 3. The van der Waals surface area contributed by atoms with Crippen molar-refractivity contribution in [3.63, 3.8) is 0 Å². The smallest absolute Gasteiger partial charge is 0.225 e. The van der Waals surface area contributed by atoms with Crippen LogP contribution in [0.5, 0.6) is 0 Å². The van der Waals surface area contributed by atoms with E-state index >= 15 is 0 Å². The van der Waals surface area contributed by atoms with E-state index < -0.39 is 11.0 Å². The minimum absolute atomic E-state index is 0.0583. The molecular weight excluding hydrogens is 362 g/mol. The topological polar surface area (TPSA) is 113 Å². The molecule has 0 bridgehead atoms. The maximum Gasteiger partial charge on any atom is 0.225 e. The summed E-state index contributed by atoms with van der Waals surface area (Å²) in [6.45, 7) is 1.19. The first-order valence-electron chi connectivity index (χ1n) is 8.75. The number of hydrogen-bond acceptors (Lipinski definition) is 4. The van der Waals surface area contributed by atoms with Crippen LogP contribution in [-0.4, -0.2) is 40.2 Å². The fourth-order valence-corrected chi connectivity index (χ4v) is 3.68. The predicted octanol–water partition coefficient (Wildman–Crippen LogP) is 1.48. The van der Waals surface area contributed by atoms with Gasteiger partial charge in [-0.2, -0.15) is 0 Å². The van der Waals surface area contributed by atoms with Gasteiger partial charge in [-0.3, -0.25) is 4.79 Å². The molecule has 0 spiro atoms. The van der Waals surface area contributed by atoms with E-state index in [9.17, 15) is 9.00 Å². The number of amides is 1. The molecule has 3 rings (SSSR count). The van der Waals surface area contributed by atoms with Crippen molar-refractivity contribution in [2.45, 2.75) is 17.7 Å². The molecule has 0 aliphatic carbocycles. The van der Waals surface area contributed by atoms with Gasteiger partial charge in [0.2, 0.25) is 5.91 Å². The summed E-state index contributed by atoms with van der Waals surface area (Å²) in [5.74, 6) is -0.0583. The van der Waals surface area contributed by atoms with Crippen LogP contribution in [0.25, 0.3) is 22.2 Å². The standard InChI is InChI=1S/C19H23N5O2S/c1-21-18(25)12-14-11-17-16(7-10-22-19(17)24-14)13-3-5-15(6-4-13)27(26)23-9-2-8-20/h3-7,10-11,23H,2,8-9,12,20H2,1H3,(H,21,25)(H,22,24). The molecule has 1 aromatic carbocycles. The largest absolute Gasteiger partial charge is 0.359 e. The molecule has 3 aromatic rings. The number of rotatable bonds is 8. The first kappa shape index (κ1) is 19.2. The molecule has 27 heavy (non-hydrogen) atoms. The minimum Gasteiger partial charge on any atom is -0.359 e. The van der Waals surface area contributed by atoms with Crippen LogP contribution in [0.1, 0.15) is 12.1 Å². The summed E-state index contributed by atoms with van der Waals surface area (Å²) in [5, 5.41) is 3.57. The second-order valence-corrected chi connectivity index (χ2v) is 7.39. The van der Waals surface area contributed by atoms with Gasteiger partial charge in [0, 0.05) is 30.9 Å². The molecule has 1 unspecified atom stereocenters. The lowest BCUT2D eigenvalue weighted by Crippen LogP contribution is -2.20. The van der Waals surface area contributed by atoms with Gasteiger partial charge in [0.05, 0.1) is 11.3 Å². The zero-order valence-corrected chi connectivity index (χ0v) is 15.9. The highest BCUT2D eigenvalue weighted by atomic mass is 32.2. The maximum atomic E-state index is 12.2. The summed E-state index contributed by atoms with van der Waals surface area (Å²) in [6, 6.07) is 11.5. The number of aromatic amines is 1. The van der Waals surface area contributed by atoms with Crippen LogP contribution < -0.4 is 15.8 Å². The van der Waals surface area contributed by atoms with Gasteiger partial charge in [0.15, 0.2) is 0 Å². The monoisotopic (exact) mass is 385 g/mol. The summed E-state index contributed by atoms with van der Waals surface area (Å²) in [7, 11) is 0.367. The Labute approximate surface area is 160 Å². The van der Waals surface area contributed by atoms with Crippen LogP contribution in [0.3, 0.4) is 0 Å². The second-order valence-electron chi connectivity index (χ2n) is 6.09. The van der Waals surface area contributed by atoms with Crippen molar-refractivity contribution >= 4 is 27.9 Å². The molecule has 142 valence electrons. The lowest BCUT2D eigenvalue weighted by atomic mass is 10.0. The lowest BCUT2D eigenvalue weighted by molar-refractivity contribution is -0.120. The average Bonchev–Trinajstić information content (AvgIpc) is 3.10. The minimum atomic E-state index is -1.25. The van der Waals surface area contributed by atoms with Gasteiger partial charge in [-0.25, -0.2) is 13.9 Å². The highest BCUT2D eigenvalue weighted by molar-refractivity contribution is 7.83. The molecule has 0 saturated heterocycles. The lowest BCUT2D eigenvalue weighted by Gasteiger charge is -2.06. The number of pyridine rings is 1. The van der Waals surface area contributed by atoms with Crippen LogP contribution in [0.2, 0.25) is 0 Å². The zero-order chi connectivity index (χ0) is 19.2. The quantitative estimate of drug-likeness (QED) is 0.440. The Bertz CT molecular complexity index is 952. The molecule has 0 saturated carbocycles.